The van der Waals surface area contributed by atoms with Crippen LogP contribution in [0.2, 0.25) is 0 Å². The second-order valence-electron chi connectivity index (χ2n) is 14.1. The van der Waals surface area contributed by atoms with E-state index in [1.54, 1.807) is 41.7 Å². The molecule has 2 heterocycles. The van der Waals surface area contributed by atoms with Gasteiger partial charge in [-0.3, -0.25) is 24.2 Å². The molecule has 4 amide bonds. The third-order valence-electron chi connectivity index (χ3n) is 8.53. The molecule has 1 aromatic carbocycles. The number of cyclic esters (lactones) is 1. The van der Waals surface area contributed by atoms with E-state index in [2.05, 4.69) is 21.4 Å². The molecule has 6 unspecified atom stereocenters. The molecule has 2 aliphatic heterocycles. The molecule has 0 radical (unpaired) electrons. The third kappa shape index (κ3) is 12.1. The summed E-state index contributed by atoms with van der Waals surface area (Å²) in [5, 5.41) is 9.68. The highest BCUT2D eigenvalue weighted by Crippen LogP contribution is 2.25. The zero-order valence-electron chi connectivity index (χ0n) is 30.2. The van der Waals surface area contributed by atoms with E-state index in [4.69, 9.17) is 14.2 Å². The van der Waals surface area contributed by atoms with Gasteiger partial charge < -0.3 is 30.2 Å². The summed E-state index contributed by atoms with van der Waals surface area (Å²) in [6.07, 6.45) is 4.72. The van der Waals surface area contributed by atoms with Gasteiger partial charge in [-0.1, -0.05) is 51.1 Å². The van der Waals surface area contributed by atoms with Crippen LogP contribution in [0.4, 0.5) is 4.79 Å². The number of hydrogen-bond acceptors (Lipinski definition) is 9. The largest absolute Gasteiger partial charge is 0.456 e. The van der Waals surface area contributed by atoms with Gasteiger partial charge in [-0.25, -0.2) is 10.2 Å². The van der Waals surface area contributed by atoms with E-state index in [9.17, 15) is 24.0 Å². The number of fused-ring (bicyclic) bond motifs is 4. The maximum absolute atomic E-state index is 13.6. The Kier molecular flexibility index (Phi) is 14.6. The van der Waals surface area contributed by atoms with E-state index >= 15 is 0 Å². The van der Waals surface area contributed by atoms with Gasteiger partial charge in [-0.15, -0.1) is 0 Å². The van der Waals surface area contributed by atoms with Crippen LogP contribution in [-0.2, 0) is 33.4 Å². The van der Waals surface area contributed by atoms with Crippen molar-refractivity contribution in [1.29, 1.82) is 0 Å². The van der Waals surface area contributed by atoms with Gasteiger partial charge in [0.25, 0.3) is 5.91 Å². The van der Waals surface area contributed by atoms with Crippen molar-refractivity contribution in [1.82, 2.24) is 26.4 Å². The molecule has 1 saturated heterocycles. The highest BCUT2D eigenvalue weighted by atomic mass is 16.6. The summed E-state index contributed by atoms with van der Waals surface area (Å²) in [4.78, 5) is 66.0. The van der Waals surface area contributed by atoms with Crippen molar-refractivity contribution < 1.29 is 38.2 Å². The minimum Gasteiger partial charge on any atom is -0.456 e. The summed E-state index contributed by atoms with van der Waals surface area (Å²) < 4.78 is 17.1. The molecule has 3 rings (SSSR count). The number of nitrogens with zero attached hydrogens (tertiary/aromatic N) is 1. The molecule has 1 fully saturated rings. The molecule has 49 heavy (non-hydrogen) atoms. The highest BCUT2D eigenvalue weighted by molar-refractivity contribution is 5.92. The van der Waals surface area contributed by atoms with E-state index < -0.39 is 65.7 Å². The predicted molar refractivity (Wildman–Crippen MR) is 185 cm³/mol. The lowest BCUT2D eigenvalue weighted by Gasteiger charge is -2.35. The van der Waals surface area contributed by atoms with Gasteiger partial charge >= 0.3 is 12.1 Å². The number of rotatable bonds is 5. The molecular formula is C36H55N5O8. The van der Waals surface area contributed by atoms with Gasteiger partial charge in [0, 0.05) is 26.6 Å². The standard InChI is InChI=1S/C36H55N5O8/c1-22(2)30-32(43)38-24(4)33(44)41-20-12-16-27(40-41)34(45)48-29(18-19-37-35(46)49-36(5,6)7)26-15-11-14-25(21-26)13-9-10-17-28(47-8)23(3)31(42)39-30/h9,11,13-15,21-24,27-30,40H,10,12,16-20H2,1-8H3,(H,37,46)(H,38,43)(H,39,42)/b13-9+. The summed E-state index contributed by atoms with van der Waals surface area (Å²) in [7, 11) is 1.56. The number of nitrogens with one attached hydrogen (secondary N) is 4. The maximum Gasteiger partial charge on any atom is 0.407 e. The number of methoxy groups -OCH3 is 1. The Bertz CT molecular complexity index is 1340. The summed E-state index contributed by atoms with van der Waals surface area (Å²) in [5.41, 5.74) is 3.96. The van der Waals surface area contributed by atoms with Crippen molar-refractivity contribution in [2.75, 3.05) is 20.2 Å². The number of carbonyl (C=O) groups is 5. The Morgan fingerprint density at radius 2 is 1.82 bits per heavy atom. The molecule has 13 nitrogen and oxygen atoms in total. The van der Waals surface area contributed by atoms with Crippen LogP contribution in [0.15, 0.2) is 30.3 Å². The SMILES string of the molecule is COC1CC/C=C/c2cccc(c2)C(CCNC(=O)OC(C)(C)C)OC(=O)C2CCCN(N2)C(=O)C(C)NC(=O)C(C(C)C)NC(=O)C1C. The molecular weight excluding hydrogens is 630 g/mol. The van der Waals surface area contributed by atoms with Crippen molar-refractivity contribution in [2.45, 2.75) is 117 Å². The van der Waals surface area contributed by atoms with E-state index in [1.165, 1.54) is 5.01 Å². The van der Waals surface area contributed by atoms with Crippen LogP contribution in [0.25, 0.3) is 6.08 Å². The molecule has 4 N–H and O–H groups in total. The summed E-state index contributed by atoms with van der Waals surface area (Å²) in [6.45, 7) is 12.8. The van der Waals surface area contributed by atoms with Gasteiger partial charge in [0.2, 0.25) is 11.8 Å². The van der Waals surface area contributed by atoms with Crippen LogP contribution in [0.5, 0.6) is 0 Å². The van der Waals surface area contributed by atoms with Crippen LogP contribution in [-0.4, -0.2) is 84.8 Å². The average molecular weight is 686 g/mol. The number of carbonyl (C=O) groups excluding carboxylic acids is 5. The lowest BCUT2D eigenvalue weighted by atomic mass is 9.96. The van der Waals surface area contributed by atoms with Crippen molar-refractivity contribution >= 4 is 35.9 Å². The summed E-state index contributed by atoms with van der Waals surface area (Å²) in [5.74, 6) is -2.54. The zero-order valence-corrected chi connectivity index (χ0v) is 30.2. The summed E-state index contributed by atoms with van der Waals surface area (Å²) >= 11 is 0. The van der Waals surface area contributed by atoms with E-state index in [0.29, 0.717) is 32.2 Å². The minimum absolute atomic E-state index is 0.189. The molecule has 0 aromatic heterocycles. The average Bonchev–Trinajstić information content (AvgIpc) is 3.04. The van der Waals surface area contributed by atoms with Gasteiger partial charge in [0.15, 0.2) is 0 Å². The molecule has 1 aromatic rings. The molecule has 13 heteroatoms. The topological polar surface area (TPSA) is 164 Å². The second kappa shape index (κ2) is 18.1. The Balaban J connectivity index is 1.91. The normalized spacial score (nSPS) is 27.2. The van der Waals surface area contributed by atoms with Crippen LogP contribution in [0.3, 0.4) is 0 Å². The molecule has 6 atom stereocenters. The van der Waals surface area contributed by atoms with Gasteiger partial charge in [0.1, 0.15) is 29.8 Å². The maximum atomic E-state index is 13.6. The third-order valence-corrected chi connectivity index (χ3v) is 8.53. The molecule has 0 aliphatic carbocycles. The monoisotopic (exact) mass is 685 g/mol. The first-order valence-corrected chi connectivity index (χ1v) is 17.2. The predicted octanol–water partition coefficient (Wildman–Crippen LogP) is 3.78. The second-order valence-corrected chi connectivity index (χ2v) is 14.1. The van der Waals surface area contributed by atoms with Gasteiger partial charge in [0.05, 0.1) is 12.0 Å². The first kappa shape index (κ1) is 39.5. The lowest BCUT2D eigenvalue weighted by molar-refractivity contribution is -0.158. The fourth-order valence-electron chi connectivity index (χ4n) is 5.75. The number of hydrazine groups is 1. The van der Waals surface area contributed by atoms with Crippen molar-refractivity contribution in [3.63, 3.8) is 0 Å². The number of hydrogen-bond donors (Lipinski definition) is 4. The Morgan fingerprint density at radius 1 is 1.08 bits per heavy atom. The van der Waals surface area contributed by atoms with E-state index in [0.717, 1.165) is 11.1 Å². The molecule has 4 bridgehead atoms. The van der Waals surface area contributed by atoms with Crippen molar-refractivity contribution in [3.05, 3.63) is 41.5 Å². The fraction of sp³-hybridized carbons (Fsp3) is 0.639. The van der Waals surface area contributed by atoms with Gasteiger partial charge in [-0.2, -0.15) is 0 Å². The van der Waals surface area contributed by atoms with Gasteiger partial charge in [-0.05, 0) is 76.5 Å². The smallest absolute Gasteiger partial charge is 0.407 e. The zero-order chi connectivity index (χ0) is 36.3. The van der Waals surface area contributed by atoms with E-state index in [-0.39, 0.29) is 24.8 Å². The minimum atomic E-state index is -0.934. The number of benzene rings is 1. The number of allylic oxidation sites excluding steroid dienone is 1. The number of ether oxygens (including phenoxy) is 3. The molecule has 0 saturated carbocycles. The molecule has 0 spiro atoms. The van der Waals surface area contributed by atoms with Crippen LogP contribution in [0.1, 0.15) is 97.8 Å². The van der Waals surface area contributed by atoms with Crippen LogP contribution >= 0.6 is 0 Å². The molecule has 272 valence electrons. The number of esters is 1. The Morgan fingerprint density at radius 3 is 2.49 bits per heavy atom. The summed E-state index contributed by atoms with van der Waals surface area (Å²) in [6, 6.07) is 4.99. The lowest BCUT2D eigenvalue weighted by Crippen LogP contribution is -2.61. The van der Waals surface area contributed by atoms with E-state index in [1.807, 2.05) is 50.3 Å². The molecule has 2 aliphatic rings. The first-order valence-electron chi connectivity index (χ1n) is 17.2. The van der Waals surface area contributed by atoms with Crippen molar-refractivity contribution in [2.24, 2.45) is 11.8 Å². The fourth-order valence-corrected chi connectivity index (χ4v) is 5.75. The van der Waals surface area contributed by atoms with Crippen molar-refractivity contribution in [3.8, 4) is 0 Å². The van der Waals surface area contributed by atoms with Crippen LogP contribution < -0.4 is 21.4 Å². The Labute approximate surface area is 290 Å². The first-order chi connectivity index (χ1) is 23.1. The quantitative estimate of drug-likeness (QED) is 0.338. The number of amides is 4. The highest BCUT2D eigenvalue weighted by Gasteiger charge is 2.35. The van der Waals surface area contributed by atoms with Crippen LogP contribution in [0, 0.1) is 11.8 Å². The Hall–Kier alpha value is -3.97. The number of alkyl carbamates (subject to hydrolysis) is 1.